The zero-order valence-electron chi connectivity index (χ0n) is 11.4. The zero-order valence-corrected chi connectivity index (χ0v) is 11.4. The summed E-state index contributed by atoms with van der Waals surface area (Å²) in [5, 5.41) is 1.22. The van der Waals surface area contributed by atoms with Gasteiger partial charge in [-0.15, -0.1) is 0 Å². The maximum absolute atomic E-state index is 10.9. The molecule has 0 saturated heterocycles. The highest BCUT2D eigenvalue weighted by molar-refractivity contribution is 5.84. The highest BCUT2D eigenvalue weighted by atomic mass is 16.5. The molecule has 4 heteroatoms. The Morgan fingerprint density at radius 2 is 2.16 bits per heavy atom. The Kier molecular flexibility index (Phi) is 4.22. The summed E-state index contributed by atoms with van der Waals surface area (Å²) in [6.45, 7) is 4.49. The van der Waals surface area contributed by atoms with Crippen LogP contribution in [0.1, 0.15) is 25.5 Å². The molecule has 1 aromatic heterocycles. The number of hydrogen-bond donors (Lipinski definition) is 1. The minimum atomic E-state index is -0.245. The van der Waals surface area contributed by atoms with E-state index < -0.39 is 0 Å². The average Bonchev–Trinajstić information content (AvgIpc) is 2.76. The van der Waals surface area contributed by atoms with E-state index >= 15 is 0 Å². The van der Waals surface area contributed by atoms with Gasteiger partial charge in [0.05, 0.1) is 6.04 Å². The SMILES string of the molecule is CC(=O)OCC(C)n1cc(CCN)c2ccccc21. The van der Waals surface area contributed by atoms with Gasteiger partial charge in [0.25, 0.3) is 0 Å². The summed E-state index contributed by atoms with van der Waals surface area (Å²) >= 11 is 0. The van der Waals surface area contributed by atoms with E-state index in [-0.39, 0.29) is 12.0 Å². The van der Waals surface area contributed by atoms with E-state index in [0.717, 1.165) is 11.9 Å². The summed E-state index contributed by atoms with van der Waals surface area (Å²) < 4.78 is 7.25. The molecule has 1 heterocycles. The van der Waals surface area contributed by atoms with Crippen molar-refractivity contribution in [2.75, 3.05) is 13.2 Å². The van der Waals surface area contributed by atoms with Crippen LogP contribution in [0.2, 0.25) is 0 Å². The lowest BCUT2D eigenvalue weighted by Crippen LogP contribution is -2.13. The molecule has 0 aliphatic rings. The van der Waals surface area contributed by atoms with E-state index in [1.165, 1.54) is 17.9 Å². The first-order valence-electron chi connectivity index (χ1n) is 6.55. The molecule has 0 fully saturated rings. The molecule has 2 aromatic rings. The van der Waals surface area contributed by atoms with Gasteiger partial charge in [0.2, 0.25) is 0 Å². The molecule has 102 valence electrons. The minimum absolute atomic E-state index is 0.111. The van der Waals surface area contributed by atoms with Crippen molar-refractivity contribution in [3.05, 3.63) is 36.0 Å². The molecule has 2 rings (SSSR count). The van der Waals surface area contributed by atoms with Crippen molar-refractivity contribution in [1.29, 1.82) is 0 Å². The Balaban J connectivity index is 2.34. The molecule has 0 bridgehead atoms. The topological polar surface area (TPSA) is 57.2 Å². The van der Waals surface area contributed by atoms with Gasteiger partial charge in [0, 0.05) is 24.0 Å². The smallest absolute Gasteiger partial charge is 0.302 e. The van der Waals surface area contributed by atoms with Gasteiger partial charge in [-0.2, -0.15) is 0 Å². The summed E-state index contributed by atoms with van der Waals surface area (Å²) in [5.74, 6) is -0.245. The van der Waals surface area contributed by atoms with Crippen LogP contribution in [0.4, 0.5) is 0 Å². The Hall–Kier alpha value is -1.81. The van der Waals surface area contributed by atoms with Crippen LogP contribution in [0.15, 0.2) is 30.5 Å². The van der Waals surface area contributed by atoms with E-state index in [2.05, 4.69) is 22.9 Å². The molecule has 1 unspecified atom stereocenters. The molecule has 19 heavy (non-hydrogen) atoms. The third-order valence-electron chi connectivity index (χ3n) is 3.24. The van der Waals surface area contributed by atoms with Crippen molar-refractivity contribution < 1.29 is 9.53 Å². The molecule has 1 aromatic carbocycles. The predicted octanol–water partition coefficient (Wildman–Crippen LogP) is 2.27. The first-order valence-corrected chi connectivity index (χ1v) is 6.55. The number of fused-ring (bicyclic) bond motifs is 1. The van der Waals surface area contributed by atoms with E-state index in [4.69, 9.17) is 10.5 Å². The molecule has 0 amide bonds. The number of nitrogens with zero attached hydrogens (tertiary/aromatic N) is 1. The van der Waals surface area contributed by atoms with E-state index in [9.17, 15) is 4.79 Å². The van der Waals surface area contributed by atoms with Gasteiger partial charge < -0.3 is 15.0 Å². The van der Waals surface area contributed by atoms with Crippen molar-refractivity contribution in [3.63, 3.8) is 0 Å². The Labute approximate surface area is 113 Å². The number of benzene rings is 1. The molecule has 0 saturated carbocycles. The van der Waals surface area contributed by atoms with Gasteiger partial charge in [-0.1, -0.05) is 18.2 Å². The number of esters is 1. The fourth-order valence-corrected chi connectivity index (χ4v) is 2.31. The number of carbonyl (C=O) groups is 1. The molecular formula is C15H20N2O2. The van der Waals surface area contributed by atoms with Crippen LogP contribution >= 0.6 is 0 Å². The molecule has 0 spiro atoms. The van der Waals surface area contributed by atoms with E-state index in [1.54, 1.807) is 0 Å². The van der Waals surface area contributed by atoms with Crippen LogP contribution in [0.5, 0.6) is 0 Å². The Morgan fingerprint density at radius 3 is 2.84 bits per heavy atom. The van der Waals surface area contributed by atoms with Crippen LogP contribution < -0.4 is 5.73 Å². The van der Waals surface area contributed by atoms with Crippen LogP contribution in [0, 0.1) is 0 Å². The summed E-state index contributed by atoms with van der Waals surface area (Å²) in [6, 6.07) is 8.35. The fourth-order valence-electron chi connectivity index (χ4n) is 2.31. The van der Waals surface area contributed by atoms with Gasteiger partial charge in [-0.25, -0.2) is 0 Å². The third kappa shape index (κ3) is 2.96. The van der Waals surface area contributed by atoms with Gasteiger partial charge in [-0.05, 0) is 31.5 Å². The highest BCUT2D eigenvalue weighted by Gasteiger charge is 2.13. The van der Waals surface area contributed by atoms with Crippen LogP contribution in [0.25, 0.3) is 10.9 Å². The van der Waals surface area contributed by atoms with Crippen molar-refractivity contribution >= 4 is 16.9 Å². The van der Waals surface area contributed by atoms with Gasteiger partial charge in [0.1, 0.15) is 6.61 Å². The fraction of sp³-hybridized carbons (Fsp3) is 0.400. The maximum atomic E-state index is 10.9. The quantitative estimate of drug-likeness (QED) is 0.839. The maximum Gasteiger partial charge on any atom is 0.302 e. The van der Waals surface area contributed by atoms with Crippen molar-refractivity contribution in [2.45, 2.75) is 26.3 Å². The normalized spacial score (nSPS) is 12.6. The first kappa shape index (κ1) is 13.6. The number of aromatic nitrogens is 1. The van der Waals surface area contributed by atoms with E-state index in [1.807, 2.05) is 19.1 Å². The van der Waals surface area contributed by atoms with Crippen LogP contribution in [-0.2, 0) is 16.0 Å². The van der Waals surface area contributed by atoms with Crippen LogP contribution in [-0.4, -0.2) is 23.7 Å². The van der Waals surface area contributed by atoms with Gasteiger partial charge in [-0.3, -0.25) is 4.79 Å². The molecule has 1 atom stereocenters. The number of rotatable bonds is 5. The van der Waals surface area contributed by atoms with Crippen molar-refractivity contribution in [2.24, 2.45) is 5.73 Å². The molecule has 2 N–H and O–H groups in total. The van der Waals surface area contributed by atoms with E-state index in [0.29, 0.717) is 13.2 Å². The molecule has 4 nitrogen and oxygen atoms in total. The lowest BCUT2D eigenvalue weighted by Gasteiger charge is -2.14. The molecule has 0 radical (unpaired) electrons. The largest absolute Gasteiger partial charge is 0.464 e. The Morgan fingerprint density at radius 1 is 1.42 bits per heavy atom. The second-order valence-electron chi connectivity index (χ2n) is 4.77. The first-order chi connectivity index (χ1) is 9.13. The molecule has 0 aliphatic heterocycles. The van der Waals surface area contributed by atoms with Crippen molar-refractivity contribution in [1.82, 2.24) is 4.57 Å². The summed E-state index contributed by atoms with van der Waals surface area (Å²) in [7, 11) is 0. The second kappa shape index (κ2) is 5.89. The highest BCUT2D eigenvalue weighted by Crippen LogP contribution is 2.25. The standard InChI is InChI=1S/C15H20N2O2/c1-11(10-19-12(2)18)17-9-13(7-8-16)14-5-3-4-6-15(14)17/h3-6,9,11H,7-8,10,16H2,1-2H3. The zero-order chi connectivity index (χ0) is 13.8. The predicted molar refractivity (Wildman–Crippen MR) is 76.0 cm³/mol. The van der Waals surface area contributed by atoms with Gasteiger partial charge in [0.15, 0.2) is 0 Å². The van der Waals surface area contributed by atoms with Crippen LogP contribution in [0.3, 0.4) is 0 Å². The summed E-state index contributed by atoms with van der Waals surface area (Å²) in [6.07, 6.45) is 2.97. The summed E-state index contributed by atoms with van der Waals surface area (Å²) in [4.78, 5) is 10.9. The lowest BCUT2D eigenvalue weighted by molar-refractivity contribution is -0.141. The number of hydrogen-bond acceptors (Lipinski definition) is 3. The summed E-state index contributed by atoms with van der Waals surface area (Å²) in [5.41, 5.74) is 8.06. The molecule has 0 aliphatic carbocycles. The minimum Gasteiger partial charge on any atom is -0.464 e. The molecular weight excluding hydrogens is 240 g/mol. The third-order valence-corrected chi connectivity index (χ3v) is 3.24. The van der Waals surface area contributed by atoms with Crippen molar-refractivity contribution in [3.8, 4) is 0 Å². The van der Waals surface area contributed by atoms with Gasteiger partial charge >= 0.3 is 5.97 Å². The Bertz CT molecular complexity index is 575. The second-order valence-corrected chi connectivity index (χ2v) is 4.77. The number of carbonyl (C=O) groups excluding carboxylic acids is 1. The lowest BCUT2D eigenvalue weighted by atomic mass is 10.1. The number of ether oxygens (including phenoxy) is 1. The number of nitrogens with two attached hydrogens (primary N) is 1. The monoisotopic (exact) mass is 260 g/mol. The number of para-hydroxylation sites is 1. The average molecular weight is 260 g/mol.